The average molecular weight is 321 g/mol. The van der Waals surface area contributed by atoms with Gasteiger partial charge in [-0.3, -0.25) is 4.79 Å². The van der Waals surface area contributed by atoms with Crippen molar-refractivity contribution in [1.82, 2.24) is 0 Å². The summed E-state index contributed by atoms with van der Waals surface area (Å²) < 4.78 is 1.10. The largest absolute Gasteiger partial charge is 0.506 e. The monoisotopic (exact) mass is 319 g/mol. The summed E-state index contributed by atoms with van der Waals surface area (Å²) in [6, 6.07) is 3.36. The Bertz CT molecular complexity index is 379. The summed E-state index contributed by atoms with van der Waals surface area (Å²) in [4.78, 5) is 10.5. The van der Waals surface area contributed by atoms with Crippen molar-refractivity contribution in [2.24, 2.45) is 5.73 Å². The topological polar surface area (TPSA) is 63.3 Å². The maximum Gasteiger partial charge on any atom is 0.241 e. The van der Waals surface area contributed by atoms with E-state index < -0.39 is 5.91 Å². The summed E-state index contributed by atoms with van der Waals surface area (Å²) in [5, 5.41) is 9.40. The van der Waals surface area contributed by atoms with Crippen molar-refractivity contribution in [3.05, 3.63) is 32.7 Å². The highest BCUT2D eigenvalue weighted by molar-refractivity contribution is 9.11. The van der Waals surface area contributed by atoms with Gasteiger partial charge < -0.3 is 10.8 Å². The fourth-order valence-corrected chi connectivity index (χ4v) is 2.08. The summed E-state index contributed by atoms with van der Waals surface area (Å²) in [7, 11) is 0. The van der Waals surface area contributed by atoms with E-state index in [1.807, 2.05) is 0 Å². The van der Waals surface area contributed by atoms with E-state index in [9.17, 15) is 9.90 Å². The zero-order valence-electron chi connectivity index (χ0n) is 7.00. The third-order valence-electron chi connectivity index (χ3n) is 1.48. The van der Waals surface area contributed by atoms with Crippen molar-refractivity contribution >= 4 is 43.8 Å². The average Bonchev–Trinajstić information content (AvgIpc) is 2.10. The Morgan fingerprint density at radius 2 is 1.86 bits per heavy atom. The van der Waals surface area contributed by atoms with Gasteiger partial charge in [0.15, 0.2) is 0 Å². The van der Waals surface area contributed by atoms with E-state index in [4.69, 9.17) is 5.73 Å². The summed E-state index contributed by atoms with van der Waals surface area (Å²) >= 11 is 6.35. The number of nitrogens with two attached hydrogens (primary N) is 1. The number of benzene rings is 1. The molecule has 0 saturated heterocycles. The molecular weight excluding hydrogens is 314 g/mol. The SMILES string of the molecule is NC(=O)C=Cc1cc(Br)c(O)c(Br)c1. The Morgan fingerprint density at radius 1 is 1.36 bits per heavy atom. The van der Waals surface area contributed by atoms with Crippen LogP contribution in [0.5, 0.6) is 5.75 Å². The molecule has 1 rings (SSSR count). The quantitative estimate of drug-likeness (QED) is 0.822. The van der Waals surface area contributed by atoms with Crippen LogP contribution in [0.1, 0.15) is 5.56 Å². The van der Waals surface area contributed by atoms with Gasteiger partial charge in [0.1, 0.15) is 5.75 Å². The molecule has 74 valence electrons. The number of rotatable bonds is 2. The fraction of sp³-hybridized carbons (Fsp3) is 0. The van der Waals surface area contributed by atoms with Crippen molar-refractivity contribution in [2.45, 2.75) is 0 Å². The Balaban J connectivity index is 3.07. The van der Waals surface area contributed by atoms with E-state index in [0.717, 1.165) is 5.56 Å². The number of carbonyl (C=O) groups is 1. The number of phenols is 1. The van der Waals surface area contributed by atoms with Crippen LogP contribution in [0.15, 0.2) is 27.2 Å². The third-order valence-corrected chi connectivity index (χ3v) is 2.69. The zero-order valence-corrected chi connectivity index (χ0v) is 10.2. The maximum atomic E-state index is 10.5. The first-order valence-electron chi connectivity index (χ1n) is 3.66. The Labute approximate surface area is 97.9 Å². The zero-order chi connectivity index (χ0) is 10.7. The fourth-order valence-electron chi connectivity index (χ4n) is 0.860. The molecule has 3 N–H and O–H groups in total. The molecule has 1 aromatic carbocycles. The second-order valence-corrected chi connectivity index (χ2v) is 4.28. The normalized spacial score (nSPS) is 10.7. The van der Waals surface area contributed by atoms with E-state index in [-0.39, 0.29) is 5.75 Å². The molecule has 3 nitrogen and oxygen atoms in total. The minimum absolute atomic E-state index is 0.126. The lowest BCUT2D eigenvalue weighted by Crippen LogP contribution is -2.05. The van der Waals surface area contributed by atoms with Crippen LogP contribution in [0.2, 0.25) is 0 Å². The lowest BCUT2D eigenvalue weighted by molar-refractivity contribution is -0.113. The molecule has 1 aromatic rings. The van der Waals surface area contributed by atoms with Crippen LogP contribution in [-0.4, -0.2) is 11.0 Å². The Morgan fingerprint density at radius 3 is 2.29 bits per heavy atom. The number of hydrogen-bond acceptors (Lipinski definition) is 2. The molecule has 0 fully saturated rings. The van der Waals surface area contributed by atoms with Crippen molar-refractivity contribution in [3.63, 3.8) is 0 Å². The summed E-state index contributed by atoms with van der Waals surface area (Å²) in [5.74, 6) is -0.383. The number of aromatic hydroxyl groups is 1. The molecule has 0 bridgehead atoms. The van der Waals surface area contributed by atoms with E-state index in [1.165, 1.54) is 6.08 Å². The van der Waals surface area contributed by atoms with Crippen molar-refractivity contribution in [3.8, 4) is 5.75 Å². The molecule has 1 amide bonds. The second kappa shape index (κ2) is 4.61. The van der Waals surface area contributed by atoms with E-state index in [0.29, 0.717) is 8.95 Å². The molecule has 0 heterocycles. The third kappa shape index (κ3) is 2.85. The lowest BCUT2D eigenvalue weighted by atomic mass is 10.2. The number of primary amides is 1. The molecule has 0 saturated carbocycles. The van der Waals surface area contributed by atoms with Crippen LogP contribution in [0.4, 0.5) is 0 Å². The van der Waals surface area contributed by atoms with E-state index in [2.05, 4.69) is 31.9 Å². The van der Waals surface area contributed by atoms with Crippen LogP contribution in [0, 0.1) is 0 Å². The first-order chi connectivity index (χ1) is 6.50. The predicted molar refractivity (Wildman–Crippen MR) is 61.7 cm³/mol. The van der Waals surface area contributed by atoms with Crippen LogP contribution in [-0.2, 0) is 4.79 Å². The molecular formula is C9H7Br2NO2. The molecule has 0 aliphatic carbocycles. The minimum Gasteiger partial charge on any atom is -0.506 e. The van der Waals surface area contributed by atoms with Crippen LogP contribution in [0.3, 0.4) is 0 Å². The summed E-state index contributed by atoms with van der Waals surface area (Å²) in [6.07, 6.45) is 2.82. The molecule has 0 aliphatic rings. The number of amides is 1. The molecule has 0 atom stereocenters. The van der Waals surface area contributed by atoms with Gasteiger partial charge in [-0.1, -0.05) is 0 Å². The van der Waals surface area contributed by atoms with Crippen LogP contribution >= 0.6 is 31.9 Å². The molecule has 14 heavy (non-hydrogen) atoms. The molecule has 0 radical (unpaired) electrons. The number of halogens is 2. The first-order valence-corrected chi connectivity index (χ1v) is 5.25. The van der Waals surface area contributed by atoms with Gasteiger partial charge in [-0.05, 0) is 55.6 Å². The van der Waals surface area contributed by atoms with Gasteiger partial charge in [-0.25, -0.2) is 0 Å². The van der Waals surface area contributed by atoms with Gasteiger partial charge in [0.05, 0.1) is 8.95 Å². The summed E-state index contributed by atoms with van der Waals surface area (Å²) in [6.45, 7) is 0. The highest BCUT2D eigenvalue weighted by atomic mass is 79.9. The highest BCUT2D eigenvalue weighted by Crippen LogP contribution is 2.33. The highest BCUT2D eigenvalue weighted by Gasteiger charge is 2.03. The van der Waals surface area contributed by atoms with Crippen LogP contribution < -0.4 is 5.73 Å². The Hall–Kier alpha value is -0.810. The number of phenolic OH excluding ortho intramolecular Hbond substituents is 1. The standard InChI is InChI=1S/C9H7Br2NO2/c10-6-3-5(1-2-8(12)13)4-7(11)9(6)14/h1-4,14H,(H2,12,13). The second-order valence-electron chi connectivity index (χ2n) is 2.57. The maximum absolute atomic E-state index is 10.5. The smallest absolute Gasteiger partial charge is 0.241 e. The summed E-state index contributed by atoms with van der Waals surface area (Å²) in [5.41, 5.74) is 5.71. The van der Waals surface area contributed by atoms with Crippen molar-refractivity contribution < 1.29 is 9.90 Å². The van der Waals surface area contributed by atoms with E-state index >= 15 is 0 Å². The van der Waals surface area contributed by atoms with Crippen LogP contribution in [0.25, 0.3) is 6.08 Å². The lowest BCUT2D eigenvalue weighted by Gasteiger charge is -2.01. The molecule has 0 unspecified atom stereocenters. The first kappa shape index (κ1) is 11.3. The molecule has 0 aromatic heterocycles. The number of carbonyl (C=O) groups excluding carboxylic acids is 1. The van der Waals surface area contributed by atoms with E-state index in [1.54, 1.807) is 18.2 Å². The van der Waals surface area contributed by atoms with Gasteiger partial charge in [0, 0.05) is 6.08 Å². The van der Waals surface area contributed by atoms with Gasteiger partial charge >= 0.3 is 0 Å². The van der Waals surface area contributed by atoms with Gasteiger partial charge in [0.2, 0.25) is 5.91 Å². The molecule has 5 heteroatoms. The molecule has 0 spiro atoms. The van der Waals surface area contributed by atoms with Gasteiger partial charge in [-0.15, -0.1) is 0 Å². The Kier molecular flexibility index (Phi) is 3.71. The molecule has 0 aliphatic heterocycles. The minimum atomic E-state index is -0.509. The van der Waals surface area contributed by atoms with Gasteiger partial charge in [-0.2, -0.15) is 0 Å². The predicted octanol–water partition coefficient (Wildman–Crippen LogP) is 2.42. The van der Waals surface area contributed by atoms with Crippen molar-refractivity contribution in [1.29, 1.82) is 0 Å². The number of hydrogen-bond donors (Lipinski definition) is 2. The van der Waals surface area contributed by atoms with Gasteiger partial charge in [0.25, 0.3) is 0 Å². The van der Waals surface area contributed by atoms with Crippen molar-refractivity contribution in [2.75, 3.05) is 0 Å².